The Bertz CT molecular complexity index is 521. The molecule has 0 aliphatic carbocycles. The van der Waals surface area contributed by atoms with Crippen LogP contribution in [0.2, 0.25) is 0 Å². The largest absolute Gasteiger partial charge is 0.508 e. The first-order chi connectivity index (χ1) is 7.25. The first-order valence-electron chi connectivity index (χ1n) is 5.32. The molecule has 0 amide bonds. The van der Waals surface area contributed by atoms with Crippen molar-refractivity contribution in [2.75, 3.05) is 6.54 Å². The number of phenolic OH excluding ortho intramolecular Hbond substituents is 1. The van der Waals surface area contributed by atoms with Crippen molar-refractivity contribution in [3.8, 4) is 5.75 Å². The van der Waals surface area contributed by atoms with E-state index in [1.165, 1.54) is 16.6 Å². The predicted octanol–water partition coefficient (Wildman–Crippen LogP) is 2.50. The van der Waals surface area contributed by atoms with Gasteiger partial charge in [0.2, 0.25) is 0 Å². The lowest BCUT2D eigenvalue weighted by Crippen LogP contribution is -2.27. The average molecular weight is 239 g/mol. The van der Waals surface area contributed by atoms with Crippen LogP contribution in [0.25, 0.3) is 10.9 Å². The van der Waals surface area contributed by atoms with Crippen LogP contribution in [0, 0.1) is 0 Å². The van der Waals surface area contributed by atoms with Crippen molar-refractivity contribution in [2.24, 2.45) is 0 Å². The number of aromatic hydroxyl groups is 1. The zero-order valence-electron chi connectivity index (χ0n) is 9.08. The standard InChI is InChI=1S/C12H14N2O.ClH/c1-7-12-9(4-5-13-7)10-6-8(15)2-3-11(10)14-12;/h2-3,6-7,13-15H,4-5H2,1H3;1H. The number of phenols is 1. The van der Waals surface area contributed by atoms with Crippen molar-refractivity contribution in [1.29, 1.82) is 0 Å². The molecule has 1 atom stereocenters. The topological polar surface area (TPSA) is 48.0 Å². The van der Waals surface area contributed by atoms with Gasteiger partial charge in [0, 0.05) is 22.6 Å². The van der Waals surface area contributed by atoms with Crippen LogP contribution >= 0.6 is 12.4 Å². The summed E-state index contributed by atoms with van der Waals surface area (Å²) in [6, 6.07) is 5.89. The highest BCUT2D eigenvalue weighted by Gasteiger charge is 2.20. The first kappa shape index (κ1) is 11.3. The Morgan fingerprint density at radius 2 is 2.19 bits per heavy atom. The minimum atomic E-state index is 0. The molecular weight excluding hydrogens is 224 g/mol. The van der Waals surface area contributed by atoms with E-state index in [4.69, 9.17) is 0 Å². The molecule has 0 radical (unpaired) electrons. The summed E-state index contributed by atoms with van der Waals surface area (Å²) in [6.45, 7) is 3.17. The third-order valence-corrected chi connectivity index (χ3v) is 3.18. The lowest BCUT2D eigenvalue weighted by atomic mass is 10.0. The summed E-state index contributed by atoms with van der Waals surface area (Å²) < 4.78 is 0. The highest BCUT2D eigenvalue weighted by Crippen LogP contribution is 2.31. The van der Waals surface area contributed by atoms with Crippen molar-refractivity contribution in [1.82, 2.24) is 10.3 Å². The Hall–Kier alpha value is -1.19. The molecule has 2 aromatic rings. The number of aromatic nitrogens is 1. The van der Waals surface area contributed by atoms with Gasteiger partial charge in [-0.25, -0.2) is 0 Å². The van der Waals surface area contributed by atoms with Crippen LogP contribution in [-0.4, -0.2) is 16.6 Å². The fraction of sp³-hybridized carbons (Fsp3) is 0.333. The van der Waals surface area contributed by atoms with Gasteiger partial charge in [0.1, 0.15) is 5.75 Å². The van der Waals surface area contributed by atoms with E-state index in [2.05, 4.69) is 17.2 Å². The average Bonchev–Trinajstić information content (AvgIpc) is 2.58. The maximum Gasteiger partial charge on any atom is 0.116 e. The minimum Gasteiger partial charge on any atom is -0.508 e. The Morgan fingerprint density at radius 1 is 1.38 bits per heavy atom. The highest BCUT2D eigenvalue weighted by atomic mass is 35.5. The zero-order chi connectivity index (χ0) is 10.4. The van der Waals surface area contributed by atoms with Crippen LogP contribution in [0.3, 0.4) is 0 Å². The van der Waals surface area contributed by atoms with Crippen LogP contribution in [0.15, 0.2) is 18.2 Å². The van der Waals surface area contributed by atoms with E-state index in [0.717, 1.165) is 18.5 Å². The number of nitrogens with one attached hydrogen (secondary N) is 2. The van der Waals surface area contributed by atoms with Gasteiger partial charge >= 0.3 is 0 Å². The van der Waals surface area contributed by atoms with Gasteiger partial charge in [0.05, 0.1) is 0 Å². The maximum atomic E-state index is 9.49. The molecule has 0 bridgehead atoms. The molecule has 0 spiro atoms. The van der Waals surface area contributed by atoms with Crippen LogP contribution < -0.4 is 5.32 Å². The van der Waals surface area contributed by atoms with Gasteiger partial charge in [-0.3, -0.25) is 0 Å². The summed E-state index contributed by atoms with van der Waals surface area (Å²) in [6.07, 6.45) is 1.03. The molecule has 1 unspecified atom stereocenters. The lowest BCUT2D eigenvalue weighted by molar-refractivity contribution is 0.476. The number of benzene rings is 1. The Balaban J connectivity index is 0.000000963. The number of hydrogen-bond donors (Lipinski definition) is 3. The van der Waals surface area contributed by atoms with E-state index >= 15 is 0 Å². The second kappa shape index (κ2) is 4.00. The highest BCUT2D eigenvalue weighted by molar-refractivity contribution is 5.86. The van der Waals surface area contributed by atoms with Gasteiger partial charge in [0.15, 0.2) is 0 Å². The Morgan fingerprint density at radius 3 is 3.00 bits per heavy atom. The molecule has 86 valence electrons. The number of hydrogen-bond acceptors (Lipinski definition) is 2. The number of H-pyrrole nitrogens is 1. The summed E-state index contributed by atoms with van der Waals surface area (Å²) in [4.78, 5) is 3.42. The molecule has 1 aliphatic rings. The number of rotatable bonds is 0. The molecular formula is C12H15ClN2O. The predicted molar refractivity (Wildman–Crippen MR) is 67.3 cm³/mol. The smallest absolute Gasteiger partial charge is 0.116 e. The van der Waals surface area contributed by atoms with Crippen LogP contribution in [0.4, 0.5) is 0 Å². The summed E-state index contributed by atoms with van der Waals surface area (Å²) in [5.41, 5.74) is 3.74. The van der Waals surface area contributed by atoms with Gasteiger partial charge in [-0.05, 0) is 43.7 Å². The fourth-order valence-corrected chi connectivity index (χ4v) is 2.41. The third kappa shape index (κ3) is 1.56. The molecule has 0 fully saturated rings. The molecule has 1 aliphatic heterocycles. The number of halogens is 1. The van der Waals surface area contributed by atoms with E-state index in [1.807, 2.05) is 12.1 Å². The minimum absolute atomic E-state index is 0. The molecule has 16 heavy (non-hydrogen) atoms. The Labute approximate surface area is 100 Å². The number of aromatic amines is 1. The van der Waals surface area contributed by atoms with Crippen LogP contribution in [0.1, 0.15) is 24.2 Å². The van der Waals surface area contributed by atoms with E-state index < -0.39 is 0 Å². The summed E-state index contributed by atoms with van der Waals surface area (Å²) in [7, 11) is 0. The molecule has 3 N–H and O–H groups in total. The van der Waals surface area contributed by atoms with E-state index in [9.17, 15) is 5.11 Å². The van der Waals surface area contributed by atoms with Crippen molar-refractivity contribution in [2.45, 2.75) is 19.4 Å². The number of fused-ring (bicyclic) bond motifs is 3. The second-order valence-corrected chi connectivity index (χ2v) is 4.17. The molecule has 2 heterocycles. The van der Waals surface area contributed by atoms with Gasteiger partial charge in [-0.2, -0.15) is 0 Å². The summed E-state index contributed by atoms with van der Waals surface area (Å²) in [5, 5.41) is 14.1. The zero-order valence-corrected chi connectivity index (χ0v) is 9.90. The monoisotopic (exact) mass is 238 g/mol. The Kier molecular flexibility index (Phi) is 2.82. The molecule has 0 saturated carbocycles. The van der Waals surface area contributed by atoms with E-state index in [1.54, 1.807) is 6.07 Å². The van der Waals surface area contributed by atoms with Crippen LogP contribution in [0.5, 0.6) is 5.75 Å². The third-order valence-electron chi connectivity index (χ3n) is 3.18. The fourth-order valence-electron chi connectivity index (χ4n) is 2.41. The van der Waals surface area contributed by atoms with Crippen molar-refractivity contribution < 1.29 is 5.11 Å². The molecule has 3 nitrogen and oxygen atoms in total. The second-order valence-electron chi connectivity index (χ2n) is 4.17. The van der Waals surface area contributed by atoms with Gasteiger partial charge in [-0.1, -0.05) is 0 Å². The SMILES string of the molecule is CC1NCCc2c1[nH]c1ccc(O)cc21.Cl. The van der Waals surface area contributed by atoms with E-state index in [0.29, 0.717) is 11.8 Å². The molecule has 4 heteroatoms. The van der Waals surface area contributed by atoms with Crippen molar-refractivity contribution in [3.05, 3.63) is 29.5 Å². The summed E-state index contributed by atoms with van der Waals surface area (Å²) in [5.74, 6) is 0.343. The first-order valence-corrected chi connectivity index (χ1v) is 5.32. The van der Waals surface area contributed by atoms with Gasteiger partial charge in [0.25, 0.3) is 0 Å². The van der Waals surface area contributed by atoms with Crippen molar-refractivity contribution >= 4 is 23.3 Å². The van der Waals surface area contributed by atoms with E-state index in [-0.39, 0.29) is 12.4 Å². The lowest BCUT2D eigenvalue weighted by Gasteiger charge is -2.20. The van der Waals surface area contributed by atoms with Crippen LogP contribution in [-0.2, 0) is 6.42 Å². The molecule has 1 aromatic carbocycles. The quantitative estimate of drug-likeness (QED) is 0.661. The normalized spacial score (nSPS) is 19.2. The molecule has 1 aromatic heterocycles. The summed E-state index contributed by atoms with van der Waals surface area (Å²) >= 11 is 0. The molecule has 3 rings (SSSR count). The van der Waals surface area contributed by atoms with Gasteiger partial charge in [-0.15, -0.1) is 12.4 Å². The van der Waals surface area contributed by atoms with Crippen molar-refractivity contribution in [3.63, 3.8) is 0 Å². The molecule has 0 saturated heterocycles. The van der Waals surface area contributed by atoms with Gasteiger partial charge < -0.3 is 15.4 Å². The maximum absolute atomic E-state index is 9.49.